The lowest BCUT2D eigenvalue weighted by molar-refractivity contribution is -0.107. The lowest BCUT2D eigenvalue weighted by Crippen LogP contribution is -2.26. The molecule has 17 heavy (non-hydrogen) atoms. The average Bonchev–Trinajstić information content (AvgIpc) is 2.64. The van der Waals surface area contributed by atoms with Crippen LogP contribution in [-0.4, -0.2) is 31.2 Å². The van der Waals surface area contributed by atoms with Gasteiger partial charge in [-0.25, -0.2) is 13.4 Å². The molecular weight excluding hydrogens is 242 g/mol. The second kappa shape index (κ2) is 5.00. The van der Waals surface area contributed by atoms with Crippen molar-refractivity contribution >= 4 is 16.1 Å². The molecule has 1 aliphatic rings. The highest BCUT2D eigenvalue weighted by Crippen LogP contribution is 2.22. The van der Waals surface area contributed by atoms with Crippen molar-refractivity contribution in [3.8, 4) is 0 Å². The van der Waals surface area contributed by atoms with Crippen LogP contribution < -0.4 is 0 Å². The lowest BCUT2D eigenvalue weighted by Gasteiger charge is -2.20. The molecule has 0 spiro atoms. The van der Waals surface area contributed by atoms with E-state index in [0.717, 1.165) is 19.1 Å². The Kier molecular flexibility index (Phi) is 3.61. The summed E-state index contributed by atoms with van der Waals surface area (Å²) in [7, 11) is -2.88. The Balaban J connectivity index is 1.97. The minimum absolute atomic E-state index is 0.0940. The van der Waals surface area contributed by atoms with Gasteiger partial charge in [0, 0.05) is 12.8 Å². The SMILES string of the molecule is O=CCc1coc(CC2CCCS(=O)(=O)C2)n1. The Morgan fingerprint density at radius 3 is 3.06 bits per heavy atom. The molecule has 0 aromatic carbocycles. The van der Waals surface area contributed by atoms with Gasteiger partial charge in [-0.1, -0.05) is 0 Å². The first-order valence-electron chi connectivity index (χ1n) is 5.66. The van der Waals surface area contributed by atoms with Crippen LogP contribution in [0, 0.1) is 5.92 Å². The second-order valence-electron chi connectivity index (χ2n) is 4.43. The van der Waals surface area contributed by atoms with Crippen molar-refractivity contribution in [1.82, 2.24) is 4.98 Å². The van der Waals surface area contributed by atoms with Gasteiger partial charge in [-0.15, -0.1) is 0 Å². The van der Waals surface area contributed by atoms with E-state index >= 15 is 0 Å². The summed E-state index contributed by atoms with van der Waals surface area (Å²) in [6, 6.07) is 0. The number of oxazole rings is 1. The van der Waals surface area contributed by atoms with Gasteiger partial charge in [0.25, 0.3) is 0 Å². The summed E-state index contributed by atoms with van der Waals surface area (Å²) in [6.45, 7) is 0. The van der Waals surface area contributed by atoms with Crippen molar-refractivity contribution in [2.45, 2.75) is 25.7 Å². The van der Waals surface area contributed by atoms with Gasteiger partial charge in [-0.2, -0.15) is 0 Å². The molecule has 1 aromatic heterocycles. The standard InChI is InChI=1S/C11H15NO4S/c13-4-3-10-7-16-11(12-10)6-9-2-1-5-17(14,15)8-9/h4,7,9H,1-3,5-6,8H2. The van der Waals surface area contributed by atoms with Crippen LogP contribution in [0.5, 0.6) is 0 Å². The van der Waals surface area contributed by atoms with Gasteiger partial charge in [0.15, 0.2) is 15.7 Å². The van der Waals surface area contributed by atoms with Gasteiger partial charge in [0.05, 0.1) is 17.2 Å². The zero-order valence-corrected chi connectivity index (χ0v) is 10.3. The molecule has 1 saturated heterocycles. The molecule has 0 amide bonds. The highest BCUT2D eigenvalue weighted by atomic mass is 32.2. The Hall–Kier alpha value is -1.17. The van der Waals surface area contributed by atoms with Crippen molar-refractivity contribution in [1.29, 1.82) is 0 Å². The van der Waals surface area contributed by atoms with Crippen molar-refractivity contribution in [2.24, 2.45) is 5.92 Å². The van der Waals surface area contributed by atoms with Gasteiger partial charge in [-0.3, -0.25) is 0 Å². The molecule has 1 aromatic rings. The molecule has 2 rings (SSSR count). The first-order chi connectivity index (χ1) is 8.09. The molecule has 1 unspecified atom stereocenters. The fourth-order valence-electron chi connectivity index (χ4n) is 2.15. The van der Waals surface area contributed by atoms with Crippen LogP contribution in [0.4, 0.5) is 0 Å². The van der Waals surface area contributed by atoms with Crippen molar-refractivity contribution in [3.63, 3.8) is 0 Å². The molecule has 6 heteroatoms. The molecular formula is C11H15NO4S. The zero-order chi connectivity index (χ0) is 12.3. The Morgan fingerprint density at radius 2 is 2.35 bits per heavy atom. The van der Waals surface area contributed by atoms with E-state index in [4.69, 9.17) is 4.42 Å². The number of aldehydes is 1. The summed E-state index contributed by atoms with van der Waals surface area (Å²) in [5.41, 5.74) is 0.605. The first-order valence-corrected chi connectivity index (χ1v) is 7.48. The lowest BCUT2D eigenvalue weighted by atomic mass is 10.0. The largest absolute Gasteiger partial charge is 0.449 e. The van der Waals surface area contributed by atoms with E-state index in [1.54, 1.807) is 0 Å². The number of rotatable bonds is 4. The van der Waals surface area contributed by atoms with E-state index in [-0.39, 0.29) is 18.1 Å². The Morgan fingerprint density at radius 1 is 1.53 bits per heavy atom. The van der Waals surface area contributed by atoms with Crippen LogP contribution in [-0.2, 0) is 27.5 Å². The first kappa shape index (κ1) is 12.3. The summed E-state index contributed by atoms with van der Waals surface area (Å²) in [5, 5.41) is 0. The summed E-state index contributed by atoms with van der Waals surface area (Å²) < 4.78 is 28.1. The smallest absolute Gasteiger partial charge is 0.194 e. The molecule has 1 fully saturated rings. The van der Waals surface area contributed by atoms with Crippen molar-refractivity contribution < 1.29 is 17.6 Å². The summed E-state index contributed by atoms with van der Waals surface area (Å²) in [5.74, 6) is 1.14. The summed E-state index contributed by atoms with van der Waals surface area (Å²) in [4.78, 5) is 14.4. The van der Waals surface area contributed by atoms with E-state index in [2.05, 4.69) is 4.98 Å². The number of sulfone groups is 1. The number of carbonyl (C=O) groups is 1. The molecule has 0 N–H and O–H groups in total. The summed E-state index contributed by atoms with van der Waals surface area (Å²) >= 11 is 0. The molecule has 2 heterocycles. The normalized spacial score (nSPS) is 23.4. The monoisotopic (exact) mass is 257 g/mol. The molecule has 0 radical (unpaired) electrons. The maximum Gasteiger partial charge on any atom is 0.194 e. The van der Waals surface area contributed by atoms with Crippen LogP contribution in [0.25, 0.3) is 0 Å². The molecule has 1 atom stereocenters. The van der Waals surface area contributed by atoms with Crippen LogP contribution in [0.1, 0.15) is 24.4 Å². The Labute approximate surface area is 100 Å². The fourth-order valence-corrected chi connectivity index (χ4v) is 3.92. The van der Waals surface area contributed by atoms with Gasteiger partial charge in [-0.05, 0) is 18.8 Å². The fraction of sp³-hybridized carbons (Fsp3) is 0.636. The molecule has 1 aliphatic heterocycles. The van der Waals surface area contributed by atoms with E-state index in [9.17, 15) is 13.2 Å². The maximum absolute atomic E-state index is 11.5. The molecule has 0 saturated carbocycles. The number of carbonyl (C=O) groups excluding carboxylic acids is 1. The minimum atomic E-state index is -2.88. The second-order valence-corrected chi connectivity index (χ2v) is 6.66. The van der Waals surface area contributed by atoms with E-state index in [0.29, 0.717) is 23.8 Å². The van der Waals surface area contributed by atoms with Crippen molar-refractivity contribution in [2.75, 3.05) is 11.5 Å². The molecule has 94 valence electrons. The van der Waals surface area contributed by atoms with E-state index in [1.807, 2.05) is 0 Å². The maximum atomic E-state index is 11.5. The number of hydrogen-bond acceptors (Lipinski definition) is 5. The molecule has 0 bridgehead atoms. The quantitative estimate of drug-likeness (QED) is 0.745. The zero-order valence-electron chi connectivity index (χ0n) is 9.46. The Bertz CT molecular complexity index is 491. The van der Waals surface area contributed by atoms with Crippen LogP contribution in [0.15, 0.2) is 10.7 Å². The third-order valence-corrected chi connectivity index (χ3v) is 4.80. The highest BCUT2D eigenvalue weighted by molar-refractivity contribution is 7.91. The average molecular weight is 257 g/mol. The van der Waals surface area contributed by atoms with Crippen LogP contribution >= 0.6 is 0 Å². The minimum Gasteiger partial charge on any atom is -0.449 e. The van der Waals surface area contributed by atoms with Crippen molar-refractivity contribution in [3.05, 3.63) is 17.8 Å². The molecule has 0 aliphatic carbocycles. The van der Waals surface area contributed by atoms with Crippen LogP contribution in [0.3, 0.4) is 0 Å². The van der Waals surface area contributed by atoms with E-state index < -0.39 is 9.84 Å². The number of aromatic nitrogens is 1. The number of hydrogen-bond donors (Lipinski definition) is 0. The van der Waals surface area contributed by atoms with Gasteiger partial charge in [0.1, 0.15) is 12.5 Å². The van der Waals surface area contributed by atoms with Crippen LogP contribution in [0.2, 0.25) is 0 Å². The highest BCUT2D eigenvalue weighted by Gasteiger charge is 2.26. The third-order valence-electron chi connectivity index (χ3n) is 2.91. The third kappa shape index (κ3) is 3.39. The summed E-state index contributed by atoms with van der Waals surface area (Å²) in [6.07, 6.45) is 4.62. The van der Waals surface area contributed by atoms with Gasteiger partial charge in [0.2, 0.25) is 0 Å². The van der Waals surface area contributed by atoms with E-state index in [1.165, 1.54) is 6.26 Å². The molecule has 5 nitrogen and oxygen atoms in total. The predicted molar refractivity (Wildman–Crippen MR) is 61.4 cm³/mol. The predicted octanol–water partition coefficient (Wildman–Crippen LogP) is 0.783. The topological polar surface area (TPSA) is 77.2 Å². The van der Waals surface area contributed by atoms with Gasteiger partial charge < -0.3 is 9.21 Å². The number of nitrogens with zero attached hydrogens (tertiary/aromatic N) is 1. The van der Waals surface area contributed by atoms with Gasteiger partial charge >= 0.3 is 0 Å².